The molecule has 1 N–H and O–H groups in total. The van der Waals surface area contributed by atoms with Crippen LogP contribution in [-0.4, -0.2) is 20.6 Å². The van der Waals surface area contributed by atoms with E-state index in [1.807, 2.05) is 0 Å². The predicted molar refractivity (Wildman–Crippen MR) is 85.6 cm³/mol. The number of benzene rings is 1. The van der Waals surface area contributed by atoms with Crippen LogP contribution in [0.4, 0.5) is 10.1 Å². The Bertz CT molecular complexity index is 1010. The zero-order chi connectivity index (χ0) is 17.4. The minimum absolute atomic E-state index is 0.107. The number of nitrogens with one attached hydrogen (secondary N) is 1. The van der Waals surface area contributed by atoms with Gasteiger partial charge in [-0.3, -0.25) is 14.2 Å². The van der Waals surface area contributed by atoms with Gasteiger partial charge in [-0.05, 0) is 32.0 Å². The van der Waals surface area contributed by atoms with Crippen LogP contribution in [0.2, 0.25) is 5.02 Å². The van der Waals surface area contributed by atoms with Gasteiger partial charge in [0.15, 0.2) is 0 Å². The van der Waals surface area contributed by atoms with E-state index in [1.165, 1.54) is 16.7 Å². The van der Waals surface area contributed by atoms with E-state index in [1.54, 1.807) is 13.8 Å². The molecule has 0 radical (unpaired) electrons. The Morgan fingerprint density at radius 2 is 2.17 bits per heavy atom. The fraction of sp³-hybridized carbons (Fsp3) is 0.200. The SMILES string of the molecule is Cc1noc2nc(C)n(CC(=O)Nc3ccc(F)c(Cl)c3)c(=O)c12. The lowest BCUT2D eigenvalue weighted by Crippen LogP contribution is -2.30. The number of nitrogens with zero attached hydrogens (tertiary/aromatic N) is 3. The molecule has 3 aromatic rings. The maximum atomic E-state index is 13.1. The van der Waals surface area contributed by atoms with Crippen molar-refractivity contribution in [3.05, 3.63) is 50.9 Å². The van der Waals surface area contributed by atoms with E-state index < -0.39 is 17.3 Å². The maximum absolute atomic E-state index is 13.1. The van der Waals surface area contributed by atoms with E-state index in [0.717, 1.165) is 6.07 Å². The van der Waals surface area contributed by atoms with Gasteiger partial charge in [0.2, 0.25) is 5.91 Å². The molecule has 2 aromatic heterocycles. The van der Waals surface area contributed by atoms with Gasteiger partial charge in [-0.1, -0.05) is 16.8 Å². The summed E-state index contributed by atoms with van der Waals surface area (Å²) in [6.07, 6.45) is 0. The van der Waals surface area contributed by atoms with Crippen molar-refractivity contribution in [1.82, 2.24) is 14.7 Å². The molecule has 1 aromatic carbocycles. The van der Waals surface area contributed by atoms with Crippen molar-refractivity contribution in [2.45, 2.75) is 20.4 Å². The average molecular weight is 351 g/mol. The molecule has 0 saturated carbocycles. The van der Waals surface area contributed by atoms with E-state index in [9.17, 15) is 14.0 Å². The quantitative estimate of drug-likeness (QED) is 0.783. The average Bonchev–Trinajstić information content (AvgIpc) is 2.88. The van der Waals surface area contributed by atoms with Gasteiger partial charge in [-0.2, -0.15) is 4.98 Å². The maximum Gasteiger partial charge on any atom is 0.267 e. The van der Waals surface area contributed by atoms with Crippen LogP contribution in [0.15, 0.2) is 27.5 Å². The van der Waals surface area contributed by atoms with Gasteiger partial charge in [0.1, 0.15) is 23.6 Å². The summed E-state index contributed by atoms with van der Waals surface area (Å²) in [6, 6.07) is 3.81. The van der Waals surface area contributed by atoms with Crippen molar-refractivity contribution in [3.63, 3.8) is 0 Å². The molecular weight excluding hydrogens is 339 g/mol. The topological polar surface area (TPSA) is 90.0 Å². The van der Waals surface area contributed by atoms with Crippen molar-refractivity contribution >= 4 is 34.3 Å². The second-order valence-corrected chi connectivity index (χ2v) is 5.58. The van der Waals surface area contributed by atoms with Crippen LogP contribution in [0.5, 0.6) is 0 Å². The summed E-state index contributed by atoms with van der Waals surface area (Å²) in [4.78, 5) is 28.8. The first-order chi connectivity index (χ1) is 11.4. The highest BCUT2D eigenvalue weighted by molar-refractivity contribution is 6.31. The summed E-state index contributed by atoms with van der Waals surface area (Å²) < 4.78 is 19.3. The number of halogens is 2. The Morgan fingerprint density at radius 3 is 2.88 bits per heavy atom. The van der Waals surface area contributed by atoms with Crippen molar-refractivity contribution < 1.29 is 13.7 Å². The number of amides is 1. The summed E-state index contributed by atoms with van der Waals surface area (Å²) in [5.41, 5.74) is 0.454. The van der Waals surface area contributed by atoms with E-state index in [0.29, 0.717) is 17.2 Å². The molecule has 1 amide bonds. The molecule has 0 aliphatic rings. The molecule has 124 valence electrons. The van der Waals surface area contributed by atoms with Crippen molar-refractivity contribution in [3.8, 4) is 0 Å². The van der Waals surface area contributed by atoms with E-state index in [2.05, 4.69) is 15.5 Å². The normalized spacial score (nSPS) is 11.0. The lowest BCUT2D eigenvalue weighted by atomic mass is 10.3. The van der Waals surface area contributed by atoms with Crippen LogP contribution < -0.4 is 10.9 Å². The molecular formula is C15H12ClFN4O3. The molecule has 7 nitrogen and oxygen atoms in total. The van der Waals surface area contributed by atoms with Crippen LogP contribution >= 0.6 is 11.6 Å². The van der Waals surface area contributed by atoms with Gasteiger partial charge in [-0.25, -0.2) is 4.39 Å². The molecule has 0 saturated heterocycles. The third-order valence-electron chi connectivity index (χ3n) is 3.46. The Hall–Kier alpha value is -2.74. The third-order valence-corrected chi connectivity index (χ3v) is 3.75. The van der Waals surface area contributed by atoms with Crippen LogP contribution in [0.25, 0.3) is 11.1 Å². The monoisotopic (exact) mass is 350 g/mol. The van der Waals surface area contributed by atoms with E-state index >= 15 is 0 Å². The van der Waals surface area contributed by atoms with Crippen LogP contribution in [0.3, 0.4) is 0 Å². The van der Waals surface area contributed by atoms with Crippen molar-refractivity contribution in [2.24, 2.45) is 0 Å². The number of hydrogen-bond acceptors (Lipinski definition) is 5. The standard InChI is InChI=1S/C15H12ClFN4O3/c1-7-13-14(24-20-7)18-8(2)21(15(13)23)6-12(22)19-9-3-4-11(17)10(16)5-9/h3-5H,6H2,1-2H3,(H,19,22). The fourth-order valence-corrected chi connectivity index (χ4v) is 2.45. The van der Waals surface area contributed by atoms with E-state index in [-0.39, 0.29) is 22.7 Å². The minimum Gasteiger partial charge on any atom is -0.335 e. The van der Waals surface area contributed by atoms with E-state index in [4.69, 9.17) is 16.1 Å². The molecule has 0 aliphatic carbocycles. The second kappa shape index (κ2) is 6.04. The first-order valence-electron chi connectivity index (χ1n) is 6.95. The molecule has 24 heavy (non-hydrogen) atoms. The number of carbonyl (C=O) groups excluding carboxylic acids is 1. The Balaban J connectivity index is 1.89. The second-order valence-electron chi connectivity index (χ2n) is 5.18. The smallest absolute Gasteiger partial charge is 0.267 e. The van der Waals surface area contributed by atoms with Crippen LogP contribution in [0, 0.1) is 19.7 Å². The first-order valence-corrected chi connectivity index (χ1v) is 7.33. The highest BCUT2D eigenvalue weighted by Crippen LogP contribution is 2.19. The Kier molecular flexibility index (Phi) is 4.06. The van der Waals surface area contributed by atoms with Crippen molar-refractivity contribution in [1.29, 1.82) is 0 Å². The molecule has 0 atom stereocenters. The number of hydrogen-bond donors (Lipinski definition) is 1. The molecule has 0 fully saturated rings. The Labute approximate surface area is 140 Å². The third kappa shape index (κ3) is 2.88. The highest BCUT2D eigenvalue weighted by atomic mass is 35.5. The fourth-order valence-electron chi connectivity index (χ4n) is 2.27. The highest BCUT2D eigenvalue weighted by Gasteiger charge is 2.17. The lowest BCUT2D eigenvalue weighted by Gasteiger charge is -2.10. The van der Waals surface area contributed by atoms with Gasteiger partial charge in [0.05, 0.1) is 10.7 Å². The summed E-state index contributed by atoms with van der Waals surface area (Å²) >= 11 is 5.67. The Morgan fingerprint density at radius 1 is 1.42 bits per heavy atom. The number of aromatic nitrogens is 3. The molecule has 3 rings (SSSR count). The summed E-state index contributed by atoms with van der Waals surface area (Å²) in [6.45, 7) is 2.95. The summed E-state index contributed by atoms with van der Waals surface area (Å²) in [7, 11) is 0. The van der Waals surface area contributed by atoms with Crippen molar-refractivity contribution in [2.75, 3.05) is 5.32 Å². The molecule has 2 heterocycles. The van der Waals surface area contributed by atoms with Gasteiger partial charge in [0, 0.05) is 5.69 Å². The summed E-state index contributed by atoms with van der Waals surface area (Å²) in [5, 5.41) is 6.38. The molecule has 0 aliphatic heterocycles. The zero-order valence-corrected chi connectivity index (χ0v) is 13.5. The van der Waals surface area contributed by atoms with Gasteiger partial charge in [0.25, 0.3) is 11.3 Å². The first kappa shape index (κ1) is 16.1. The predicted octanol–water partition coefficient (Wildman–Crippen LogP) is 2.43. The lowest BCUT2D eigenvalue weighted by molar-refractivity contribution is -0.116. The van der Waals surface area contributed by atoms with Crippen LogP contribution in [-0.2, 0) is 11.3 Å². The van der Waals surface area contributed by atoms with Gasteiger partial charge >= 0.3 is 0 Å². The number of aryl methyl sites for hydroxylation is 2. The minimum atomic E-state index is -0.584. The number of anilines is 1. The number of rotatable bonds is 3. The molecule has 0 unspecified atom stereocenters. The van der Waals surface area contributed by atoms with Gasteiger partial charge < -0.3 is 9.84 Å². The summed E-state index contributed by atoms with van der Waals surface area (Å²) in [5.74, 6) is -0.742. The number of carbonyl (C=O) groups is 1. The zero-order valence-electron chi connectivity index (χ0n) is 12.8. The van der Waals surface area contributed by atoms with Crippen LogP contribution in [0.1, 0.15) is 11.5 Å². The molecule has 9 heteroatoms. The molecule has 0 bridgehead atoms. The number of fused-ring (bicyclic) bond motifs is 1. The van der Waals surface area contributed by atoms with Gasteiger partial charge in [-0.15, -0.1) is 0 Å². The largest absolute Gasteiger partial charge is 0.335 e. The molecule has 0 spiro atoms.